The molecule has 0 fully saturated rings. The van der Waals surface area contributed by atoms with Gasteiger partial charge in [-0.05, 0) is 84.4 Å². The van der Waals surface area contributed by atoms with Gasteiger partial charge in [0.15, 0.2) is 11.0 Å². The van der Waals surface area contributed by atoms with Crippen LogP contribution in [0.15, 0.2) is 82.9 Å². The first kappa shape index (κ1) is 24.9. The Kier molecular flexibility index (Phi) is 8.13. The van der Waals surface area contributed by atoms with Gasteiger partial charge in [0.2, 0.25) is 0 Å². The van der Waals surface area contributed by atoms with Crippen molar-refractivity contribution in [1.82, 2.24) is 14.8 Å². The van der Waals surface area contributed by atoms with Crippen molar-refractivity contribution in [3.05, 3.63) is 98.9 Å². The molecule has 3 aromatic carbocycles. The van der Waals surface area contributed by atoms with E-state index in [1.807, 2.05) is 60.0 Å². The smallest absolute Gasteiger partial charge is 0.342 e. The van der Waals surface area contributed by atoms with Crippen molar-refractivity contribution in [2.75, 3.05) is 0 Å². The molecule has 0 saturated heterocycles. The highest BCUT2D eigenvalue weighted by molar-refractivity contribution is 8.04. The average molecular weight is 526 g/mol. The van der Waals surface area contributed by atoms with E-state index in [1.54, 1.807) is 30.3 Å². The first-order chi connectivity index (χ1) is 16.9. The lowest BCUT2D eigenvalue weighted by Crippen LogP contribution is -2.02. The van der Waals surface area contributed by atoms with E-state index >= 15 is 0 Å². The Morgan fingerprint density at radius 1 is 0.971 bits per heavy atom. The molecule has 0 aliphatic carbocycles. The van der Waals surface area contributed by atoms with Crippen LogP contribution in [-0.2, 0) is 17.9 Å². The van der Waals surface area contributed by atoms with Crippen LogP contribution >= 0.6 is 35.0 Å². The Balaban J connectivity index is 1.49. The molecule has 1 N–H and O–H groups in total. The highest BCUT2D eigenvalue weighted by Crippen LogP contribution is 2.31. The van der Waals surface area contributed by atoms with E-state index in [-0.39, 0.29) is 4.91 Å². The van der Waals surface area contributed by atoms with Crippen LogP contribution < -0.4 is 4.74 Å². The van der Waals surface area contributed by atoms with Crippen molar-refractivity contribution >= 4 is 47.0 Å². The first-order valence-electron chi connectivity index (χ1n) is 10.7. The molecule has 0 atom stereocenters. The molecule has 0 radical (unpaired) electrons. The van der Waals surface area contributed by atoms with Gasteiger partial charge in [0.1, 0.15) is 17.3 Å². The highest BCUT2D eigenvalue weighted by atomic mass is 35.5. The number of halogens is 2. The molecule has 1 heterocycles. The SMILES string of the molecule is CCn1c(S/C(=C\c2ccc(OCc3ccc(Cl)cc3)cc2)C(=O)O)nnc1-c1ccc(Cl)cc1. The van der Waals surface area contributed by atoms with Crippen LogP contribution in [0, 0.1) is 0 Å². The van der Waals surface area contributed by atoms with Crippen LogP contribution in [0.4, 0.5) is 0 Å². The minimum absolute atomic E-state index is 0.129. The van der Waals surface area contributed by atoms with Crippen molar-refractivity contribution in [2.45, 2.75) is 25.2 Å². The van der Waals surface area contributed by atoms with Crippen LogP contribution in [0.3, 0.4) is 0 Å². The molecule has 0 spiro atoms. The lowest BCUT2D eigenvalue weighted by Gasteiger charge is -2.08. The molecular formula is C26H21Cl2N3O3S. The second kappa shape index (κ2) is 11.4. The van der Waals surface area contributed by atoms with Gasteiger partial charge in [0.25, 0.3) is 0 Å². The monoisotopic (exact) mass is 525 g/mol. The molecule has 4 rings (SSSR count). The lowest BCUT2D eigenvalue weighted by atomic mass is 10.2. The summed E-state index contributed by atoms with van der Waals surface area (Å²) in [4.78, 5) is 12.1. The van der Waals surface area contributed by atoms with Gasteiger partial charge in [-0.3, -0.25) is 0 Å². The third kappa shape index (κ3) is 6.45. The van der Waals surface area contributed by atoms with Crippen molar-refractivity contribution in [2.24, 2.45) is 0 Å². The zero-order valence-corrected chi connectivity index (χ0v) is 21.0. The summed E-state index contributed by atoms with van der Waals surface area (Å²) in [6.45, 7) is 2.95. The standard InChI is InChI=1S/C26H21Cl2N3O3S/c1-2-31-24(19-7-11-21(28)12-8-19)29-30-26(31)35-23(25(32)33)15-17-5-13-22(14-6-17)34-16-18-3-9-20(27)10-4-18/h3-15H,2,16H2,1H3,(H,32,33)/b23-15-. The van der Waals surface area contributed by atoms with Crippen molar-refractivity contribution in [3.8, 4) is 17.1 Å². The van der Waals surface area contributed by atoms with Gasteiger partial charge in [-0.15, -0.1) is 10.2 Å². The number of aliphatic carboxylic acids is 1. The van der Waals surface area contributed by atoms with E-state index in [1.165, 1.54) is 0 Å². The Bertz CT molecular complexity index is 1340. The first-order valence-corrected chi connectivity index (χ1v) is 12.3. The van der Waals surface area contributed by atoms with Crippen LogP contribution in [0.2, 0.25) is 10.0 Å². The number of rotatable bonds is 9. The predicted octanol–water partition coefficient (Wildman–Crippen LogP) is 7.07. The van der Waals surface area contributed by atoms with E-state index in [0.29, 0.717) is 39.9 Å². The number of hydrogen-bond acceptors (Lipinski definition) is 5. The minimum Gasteiger partial charge on any atom is -0.489 e. The number of carboxylic acids is 1. The molecule has 0 unspecified atom stereocenters. The Morgan fingerprint density at radius 2 is 1.60 bits per heavy atom. The van der Waals surface area contributed by atoms with Gasteiger partial charge < -0.3 is 14.4 Å². The Morgan fingerprint density at radius 3 is 2.20 bits per heavy atom. The topological polar surface area (TPSA) is 77.2 Å². The fourth-order valence-corrected chi connectivity index (χ4v) is 4.39. The highest BCUT2D eigenvalue weighted by Gasteiger charge is 2.18. The molecule has 9 heteroatoms. The van der Waals surface area contributed by atoms with Crippen molar-refractivity contribution < 1.29 is 14.6 Å². The van der Waals surface area contributed by atoms with Crippen LogP contribution in [0.1, 0.15) is 18.1 Å². The van der Waals surface area contributed by atoms with E-state index < -0.39 is 5.97 Å². The van der Waals surface area contributed by atoms with Gasteiger partial charge in [0.05, 0.1) is 0 Å². The zero-order valence-electron chi connectivity index (χ0n) is 18.7. The molecule has 4 aromatic rings. The molecule has 0 saturated carbocycles. The molecule has 0 amide bonds. The summed E-state index contributed by atoms with van der Waals surface area (Å²) in [5, 5.41) is 20.1. The molecule has 6 nitrogen and oxygen atoms in total. The fourth-order valence-electron chi connectivity index (χ4n) is 3.25. The lowest BCUT2D eigenvalue weighted by molar-refractivity contribution is -0.131. The normalized spacial score (nSPS) is 11.5. The second-order valence-corrected chi connectivity index (χ2v) is 9.34. The molecule has 0 aliphatic heterocycles. The maximum Gasteiger partial charge on any atom is 0.342 e. The number of carbonyl (C=O) groups is 1. The van der Waals surface area contributed by atoms with E-state index in [4.69, 9.17) is 27.9 Å². The van der Waals surface area contributed by atoms with Crippen molar-refractivity contribution in [1.29, 1.82) is 0 Å². The van der Waals surface area contributed by atoms with E-state index in [9.17, 15) is 9.90 Å². The summed E-state index contributed by atoms with van der Waals surface area (Å²) in [5.74, 6) is 0.287. The second-order valence-electron chi connectivity index (χ2n) is 7.46. The average Bonchev–Trinajstić information content (AvgIpc) is 3.27. The number of nitrogens with zero attached hydrogens (tertiary/aromatic N) is 3. The summed E-state index contributed by atoms with van der Waals surface area (Å²) >= 11 is 13.0. The molecular weight excluding hydrogens is 505 g/mol. The van der Waals surface area contributed by atoms with Crippen LogP contribution in [0.25, 0.3) is 17.5 Å². The maximum atomic E-state index is 12.0. The fraction of sp³-hybridized carbons (Fsp3) is 0.115. The van der Waals surface area contributed by atoms with Gasteiger partial charge >= 0.3 is 5.97 Å². The van der Waals surface area contributed by atoms with Gasteiger partial charge in [-0.1, -0.05) is 47.5 Å². The van der Waals surface area contributed by atoms with E-state index in [0.717, 1.165) is 28.5 Å². The summed E-state index contributed by atoms with van der Waals surface area (Å²) < 4.78 is 7.68. The number of carboxylic acid groups (broad SMARTS) is 1. The molecule has 35 heavy (non-hydrogen) atoms. The molecule has 1 aromatic heterocycles. The number of thioether (sulfide) groups is 1. The molecule has 0 aliphatic rings. The zero-order chi connectivity index (χ0) is 24.8. The van der Waals surface area contributed by atoms with Gasteiger partial charge in [-0.25, -0.2) is 4.79 Å². The predicted molar refractivity (Wildman–Crippen MR) is 140 cm³/mol. The number of ether oxygens (including phenoxy) is 1. The van der Waals surface area contributed by atoms with Crippen LogP contribution in [-0.4, -0.2) is 25.8 Å². The maximum absolute atomic E-state index is 12.0. The number of hydrogen-bond donors (Lipinski definition) is 1. The largest absolute Gasteiger partial charge is 0.489 e. The Hall–Kier alpha value is -3.26. The number of benzene rings is 3. The number of aromatic nitrogens is 3. The molecule has 178 valence electrons. The minimum atomic E-state index is -1.04. The molecule has 0 bridgehead atoms. The van der Waals surface area contributed by atoms with Crippen LogP contribution in [0.5, 0.6) is 5.75 Å². The van der Waals surface area contributed by atoms with Crippen molar-refractivity contribution in [3.63, 3.8) is 0 Å². The summed E-state index contributed by atoms with van der Waals surface area (Å²) in [7, 11) is 0. The van der Waals surface area contributed by atoms with Gasteiger partial charge in [-0.2, -0.15) is 0 Å². The summed E-state index contributed by atoms with van der Waals surface area (Å²) in [6, 6.07) is 22.0. The summed E-state index contributed by atoms with van der Waals surface area (Å²) in [6.07, 6.45) is 1.60. The van der Waals surface area contributed by atoms with Gasteiger partial charge in [0, 0.05) is 22.2 Å². The quantitative estimate of drug-likeness (QED) is 0.186. The van der Waals surface area contributed by atoms with E-state index in [2.05, 4.69) is 10.2 Å². The Labute approximate surface area is 217 Å². The third-order valence-electron chi connectivity index (χ3n) is 5.04. The summed E-state index contributed by atoms with van der Waals surface area (Å²) in [5.41, 5.74) is 2.58. The third-order valence-corrected chi connectivity index (χ3v) is 6.55.